The van der Waals surface area contributed by atoms with E-state index >= 15 is 0 Å². The van der Waals surface area contributed by atoms with E-state index in [0.717, 1.165) is 32.8 Å². The fourth-order valence-electron chi connectivity index (χ4n) is 2.89. The number of aliphatic carboxylic acids is 1. The second kappa shape index (κ2) is 8.62. The van der Waals surface area contributed by atoms with E-state index in [1.807, 2.05) is 59.3 Å². The number of hydrogen-bond acceptors (Lipinski definition) is 6. The standard InChI is InChI=1S/C22H14N2O2S3/c23-13-16-15(18-8-4-10-27-18)12-17(19-9-5-11-28-19)24-21(16)29-20(22(25)26)14-6-2-1-3-7-14/h1-12,20H,(H,25,26). The average Bonchev–Trinajstić information content (AvgIpc) is 3.46. The largest absolute Gasteiger partial charge is 0.480 e. The Morgan fingerprint density at radius 1 is 1.03 bits per heavy atom. The first-order chi connectivity index (χ1) is 14.2. The summed E-state index contributed by atoms with van der Waals surface area (Å²) in [4.78, 5) is 18.6. The molecule has 0 radical (unpaired) electrons. The summed E-state index contributed by atoms with van der Waals surface area (Å²) in [6.45, 7) is 0. The molecule has 1 aromatic carbocycles. The third kappa shape index (κ3) is 4.10. The zero-order chi connectivity index (χ0) is 20.2. The summed E-state index contributed by atoms with van der Waals surface area (Å²) >= 11 is 4.20. The quantitative estimate of drug-likeness (QED) is 0.359. The van der Waals surface area contributed by atoms with Crippen molar-refractivity contribution in [2.24, 2.45) is 0 Å². The molecule has 0 bridgehead atoms. The van der Waals surface area contributed by atoms with Crippen LogP contribution in [-0.2, 0) is 4.79 Å². The van der Waals surface area contributed by atoms with Crippen LogP contribution in [0.3, 0.4) is 0 Å². The van der Waals surface area contributed by atoms with E-state index in [4.69, 9.17) is 4.98 Å². The molecule has 4 rings (SSSR count). The monoisotopic (exact) mass is 434 g/mol. The van der Waals surface area contributed by atoms with Crippen molar-refractivity contribution in [2.45, 2.75) is 10.3 Å². The number of benzene rings is 1. The number of nitrogens with zero attached hydrogens (tertiary/aromatic N) is 2. The molecular formula is C22H14N2O2S3. The summed E-state index contributed by atoms with van der Waals surface area (Å²) < 4.78 is 0. The zero-order valence-electron chi connectivity index (χ0n) is 15.0. The minimum Gasteiger partial charge on any atom is -0.480 e. The molecule has 0 fully saturated rings. The van der Waals surface area contributed by atoms with Crippen LogP contribution < -0.4 is 0 Å². The van der Waals surface area contributed by atoms with Gasteiger partial charge in [0, 0.05) is 10.4 Å². The van der Waals surface area contributed by atoms with Crippen LogP contribution in [0.1, 0.15) is 16.4 Å². The fraction of sp³-hybridized carbons (Fsp3) is 0.0455. The van der Waals surface area contributed by atoms with E-state index in [2.05, 4.69) is 6.07 Å². The van der Waals surface area contributed by atoms with Crippen molar-refractivity contribution in [3.63, 3.8) is 0 Å². The van der Waals surface area contributed by atoms with Gasteiger partial charge in [0.1, 0.15) is 16.3 Å². The van der Waals surface area contributed by atoms with Crippen molar-refractivity contribution in [1.82, 2.24) is 4.98 Å². The van der Waals surface area contributed by atoms with Gasteiger partial charge < -0.3 is 5.11 Å². The molecule has 4 nitrogen and oxygen atoms in total. The van der Waals surface area contributed by atoms with Gasteiger partial charge in [0.15, 0.2) is 0 Å². The topological polar surface area (TPSA) is 74.0 Å². The van der Waals surface area contributed by atoms with Crippen LogP contribution in [0.4, 0.5) is 0 Å². The second-order valence-corrected chi connectivity index (χ2v) is 9.04. The van der Waals surface area contributed by atoms with E-state index in [-0.39, 0.29) is 0 Å². The van der Waals surface area contributed by atoms with Gasteiger partial charge in [-0.05, 0) is 34.5 Å². The summed E-state index contributed by atoms with van der Waals surface area (Å²) in [6, 6.07) is 21.0. The predicted molar refractivity (Wildman–Crippen MR) is 118 cm³/mol. The molecule has 0 saturated carbocycles. The van der Waals surface area contributed by atoms with Crippen molar-refractivity contribution in [2.75, 3.05) is 0 Å². The minimum atomic E-state index is -0.967. The summed E-state index contributed by atoms with van der Waals surface area (Å²) in [5.41, 5.74) is 2.58. The van der Waals surface area contributed by atoms with Gasteiger partial charge in [-0.3, -0.25) is 4.79 Å². The number of carbonyl (C=O) groups is 1. The molecule has 4 aromatic rings. The lowest BCUT2D eigenvalue weighted by Gasteiger charge is -2.15. The molecule has 1 unspecified atom stereocenters. The maximum atomic E-state index is 12.0. The van der Waals surface area contributed by atoms with Gasteiger partial charge in [-0.15, -0.1) is 22.7 Å². The van der Waals surface area contributed by atoms with E-state index in [1.54, 1.807) is 34.8 Å². The number of thioether (sulfide) groups is 1. The van der Waals surface area contributed by atoms with Crippen LogP contribution in [0.15, 0.2) is 76.4 Å². The fourth-order valence-corrected chi connectivity index (χ4v) is 5.37. The Labute approximate surface area is 180 Å². The molecule has 1 atom stereocenters. The summed E-state index contributed by atoms with van der Waals surface area (Å²) in [5, 5.41) is 23.2. The molecular weight excluding hydrogens is 420 g/mol. The molecule has 0 amide bonds. The van der Waals surface area contributed by atoms with Crippen molar-refractivity contribution in [3.8, 4) is 27.1 Å². The van der Waals surface area contributed by atoms with E-state index in [0.29, 0.717) is 16.2 Å². The van der Waals surface area contributed by atoms with Gasteiger partial charge in [-0.1, -0.05) is 54.2 Å². The van der Waals surface area contributed by atoms with Crippen LogP contribution >= 0.6 is 34.4 Å². The summed E-state index contributed by atoms with van der Waals surface area (Å²) in [7, 11) is 0. The maximum absolute atomic E-state index is 12.0. The number of hydrogen-bond donors (Lipinski definition) is 1. The average molecular weight is 435 g/mol. The summed E-state index contributed by atoms with van der Waals surface area (Å²) in [6.07, 6.45) is 0. The highest BCUT2D eigenvalue weighted by atomic mass is 32.2. The van der Waals surface area contributed by atoms with Crippen molar-refractivity contribution >= 4 is 40.4 Å². The minimum absolute atomic E-state index is 0.403. The highest BCUT2D eigenvalue weighted by molar-refractivity contribution is 8.00. The van der Waals surface area contributed by atoms with Gasteiger partial charge >= 0.3 is 5.97 Å². The lowest BCUT2D eigenvalue weighted by Crippen LogP contribution is -2.09. The maximum Gasteiger partial charge on any atom is 0.321 e. The number of thiophene rings is 2. The number of nitriles is 1. The van der Waals surface area contributed by atoms with E-state index in [9.17, 15) is 15.2 Å². The molecule has 29 heavy (non-hydrogen) atoms. The summed E-state index contributed by atoms with van der Waals surface area (Å²) in [5.74, 6) is -0.967. The zero-order valence-corrected chi connectivity index (χ0v) is 17.4. The third-order valence-corrected chi connectivity index (χ3v) is 7.24. The van der Waals surface area contributed by atoms with E-state index < -0.39 is 11.2 Å². The molecule has 0 aliphatic rings. The Morgan fingerprint density at radius 3 is 2.31 bits per heavy atom. The Bertz CT molecular complexity index is 1170. The lowest BCUT2D eigenvalue weighted by molar-refractivity contribution is -0.136. The molecule has 142 valence electrons. The van der Waals surface area contributed by atoms with Gasteiger partial charge in [0.25, 0.3) is 0 Å². The Kier molecular flexibility index (Phi) is 5.76. The first-order valence-corrected chi connectivity index (χ1v) is 11.3. The number of carboxylic acid groups (broad SMARTS) is 1. The SMILES string of the molecule is N#Cc1c(-c2cccs2)cc(-c2cccs2)nc1SC(C(=O)O)c1ccccc1. The molecule has 0 aliphatic carbocycles. The Morgan fingerprint density at radius 2 is 1.72 bits per heavy atom. The van der Waals surface area contributed by atoms with Crippen LogP contribution in [0.2, 0.25) is 0 Å². The number of rotatable bonds is 6. The normalized spacial score (nSPS) is 11.7. The van der Waals surface area contributed by atoms with Crippen LogP contribution in [0, 0.1) is 11.3 Å². The highest BCUT2D eigenvalue weighted by Crippen LogP contribution is 2.41. The van der Waals surface area contributed by atoms with Crippen molar-refractivity contribution in [3.05, 3.63) is 82.6 Å². The Balaban J connectivity index is 1.87. The van der Waals surface area contributed by atoms with Gasteiger partial charge in [-0.2, -0.15) is 5.26 Å². The van der Waals surface area contributed by atoms with Crippen LogP contribution in [-0.4, -0.2) is 16.1 Å². The second-order valence-electron chi connectivity index (χ2n) is 6.05. The molecule has 3 heterocycles. The highest BCUT2D eigenvalue weighted by Gasteiger charge is 2.25. The first kappa shape index (κ1) is 19.4. The van der Waals surface area contributed by atoms with Crippen LogP contribution in [0.25, 0.3) is 21.0 Å². The number of aromatic nitrogens is 1. The molecule has 1 N–H and O–H groups in total. The van der Waals surface area contributed by atoms with Gasteiger partial charge in [0.2, 0.25) is 0 Å². The van der Waals surface area contributed by atoms with Crippen molar-refractivity contribution < 1.29 is 9.90 Å². The Hall–Kier alpha value is -2.92. The van der Waals surface area contributed by atoms with Crippen molar-refractivity contribution in [1.29, 1.82) is 5.26 Å². The molecule has 3 aromatic heterocycles. The number of pyridine rings is 1. The molecule has 0 saturated heterocycles. The lowest BCUT2D eigenvalue weighted by atomic mass is 10.1. The number of carboxylic acids is 1. The third-order valence-electron chi connectivity index (χ3n) is 4.21. The van der Waals surface area contributed by atoms with Crippen LogP contribution in [0.5, 0.6) is 0 Å². The van der Waals surface area contributed by atoms with Gasteiger partial charge in [-0.25, -0.2) is 4.98 Å². The predicted octanol–water partition coefficient (Wildman–Crippen LogP) is 6.33. The first-order valence-electron chi connectivity index (χ1n) is 8.64. The molecule has 0 aliphatic heterocycles. The smallest absolute Gasteiger partial charge is 0.321 e. The molecule has 0 spiro atoms. The van der Waals surface area contributed by atoms with E-state index in [1.165, 1.54) is 0 Å². The van der Waals surface area contributed by atoms with Gasteiger partial charge in [0.05, 0.1) is 16.1 Å². The molecule has 7 heteroatoms.